The summed E-state index contributed by atoms with van der Waals surface area (Å²) < 4.78 is 5.28. The van der Waals surface area contributed by atoms with Crippen LogP contribution in [0.25, 0.3) is 11.1 Å². The fourth-order valence-corrected chi connectivity index (χ4v) is 1.97. The highest BCUT2D eigenvalue weighted by Gasteiger charge is 2.10. The molecule has 1 aliphatic rings. The normalized spacial score (nSPS) is 12.3. The molecular formula is C18H12O2. The molecule has 2 aromatic carbocycles. The summed E-state index contributed by atoms with van der Waals surface area (Å²) in [5.74, 6) is 0.145. The number of benzene rings is 2. The van der Waals surface area contributed by atoms with Gasteiger partial charge in [0.25, 0.3) is 0 Å². The van der Waals surface area contributed by atoms with Crippen molar-refractivity contribution >= 4 is 5.97 Å². The van der Waals surface area contributed by atoms with Crippen LogP contribution in [0.15, 0.2) is 84.1 Å². The Bertz CT molecular complexity index is 716. The number of hydrogen-bond acceptors (Lipinski definition) is 2. The minimum atomic E-state index is -0.387. The number of carbonyl (C=O) groups is 1. The van der Waals surface area contributed by atoms with Gasteiger partial charge in [-0.2, -0.15) is 0 Å². The third-order valence-electron chi connectivity index (χ3n) is 2.99. The van der Waals surface area contributed by atoms with E-state index in [0.717, 1.165) is 11.1 Å². The highest BCUT2D eigenvalue weighted by atomic mass is 16.5. The monoisotopic (exact) mass is 260 g/mol. The molecule has 0 heterocycles. The zero-order chi connectivity index (χ0) is 13.8. The number of allylic oxidation sites excluding steroid dienone is 1. The standard InChI is InChI=1S/C18H12O2/c19-18(16-8-4-5-9-16)20-17-12-10-15(11-13-17)14-6-2-1-3-7-14/h1-8,10-13H. The van der Waals surface area contributed by atoms with Crippen molar-refractivity contribution < 1.29 is 9.53 Å². The van der Waals surface area contributed by atoms with Crippen molar-refractivity contribution in [3.05, 3.63) is 84.1 Å². The van der Waals surface area contributed by atoms with E-state index in [1.165, 1.54) is 0 Å². The average molecular weight is 260 g/mol. The van der Waals surface area contributed by atoms with E-state index in [4.69, 9.17) is 4.74 Å². The number of esters is 1. The third kappa shape index (κ3) is 2.61. The Balaban J connectivity index is 1.75. The zero-order valence-electron chi connectivity index (χ0n) is 10.7. The van der Waals surface area contributed by atoms with E-state index in [-0.39, 0.29) is 5.97 Å². The fraction of sp³-hybridized carbons (Fsp3) is 0. The van der Waals surface area contributed by atoms with Gasteiger partial charge in [-0.25, -0.2) is 4.79 Å². The molecule has 20 heavy (non-hydrogen) atoms. The topological polar surface area (TPSA) is 26.3 Å². The molecule has 2 heteroatoms. The van der Waals surface area contributed by atoms with E-state index < -0.39 is 0 Å². The Labute approximate surface area is 117 Å². The van der Waals surface area contributed by atoms with Crippen molar-refractivity contribution in [3.63, 3.8) is 0 Å². The molecule has 0 spiro atoms. The molecule has 1 aliphatic carbocycles. The van der Waals surface area contributed by atoms with Crippen LogP contribution in [0.4, 0.5) is 0 Å². The van der Waals surface area contributed by atoms with Crippen molar-refractivity contribution in [2.45, 2.75) is 0 Å². The van der Waals surface area contributed by atoms with Crippen LogP contribution in [0, 0.1) is 0 Å². The maximum absolute atomic E-state index is 11.8. The van der Waals surface area contributed by atoms with Crippen LogP contribution >= 0.6 is 0 Å². The number of hydrogen-bond donors (Lipinski definition) is 0. The number of rotatable bonds is 3. The van der Waals surface area contributed by atoms with Gasteiger partial charge in [-0.15, -0.1) is 5.73 Å². The molecular weight excluding hydrogens is 248 g/mol. The van der Waals surface area contributed by atoms with Crippen LogP contribution in [-0.4, -0.2) is 5.97 Å². The molecule has 2 nitrogen and oxygen atoms in total. The summed E-state index contributed by atoms with van der Waals surface area (Å²) >= 11 is 0. The lowest BCUT2D eigenvalue weighted by atomic mass is 10.1. The van der Waals surface area contributed by atoms with Crippen molar-refractivity contribution in [3.8, 4) is 16.9 Å². The van der Waals surface area contributed by atoms with E-state index in [1.807, 2.05) is 42.5 Å². The second-order valence-electron chi connectivity index (χ2n) is 4.36. The van der Waals surface area contributed by atoms with Gasteiger partial charge in [-0.05, 0) is 35.4 Å². The van der Waals surface area contributed by atoms with Gasteiger partial charge in [0.1, 0.15) is 11.3 Å². The minimum Gasteiger partial charge on any atom is -0.422 e. The van der Waals surface area contributed by atoms with Gasteiger partial charge in [0.05, 0.1) is 0 Å². The highest BCUT2D eigenvalue weighted by Crippen LogP contribution is 2.22. The first-order valence-corrected chi connectivity index (χ1v) is 6.34. The lowest BCUT2D eigenvalue weighted by Gasteiger charge is -2.05. The van der Waals surface area contributed by atoms with Crippen molar-refractivity contribution in [1.82, 2.24) is 0 Å². The third-order valence-corrected chi connectivity index (χ3v) is 2.99. The highest BCUT2D eigenvalue weighted by molar-refractivity contribution is 5.93. The van der Waals surface area contributed by atoms with Gasteiger partial charge in [0.2, 0.25) is 0 Å². The van der Waals surface area contributed by atoms with Crippen molar-refractivity contribution in [2.24, 2.45) is 0 Å². The summed E-state index contributed by atoms with van der Waals surface area (Å²) in [6.45, 7) is 0. The van der Waals surface area contributed by atoms with Crippen LogP contribution < -0.4 is 4.74 Å². The molecule has 0 radical (unpaired) electrons. The van der Waals surface area contributed by atoms with Gasteiger partial charge < -0.3 is 4.74 Å². The summed E-state index contributed by atoms with van der Waals surface area (Å²) in [4.78, 5) is 11.8. The largest absolute Gasteiger partial charge is 0.422 e. The van der Waals surface area contributed by atoms with E-state index >= 15 is 0 Å². The van der Waals surface area contributed by atoms with Gasteiger partial charge in [-0.3, -0.25) is 0 Å². The Kier molecular flexibility index (Phi) is 3.32. The first-order chi connectivity index (χ1) is 9.83. The lowest BCUT2D eigenvalue weighted by Crippen LogP contribution is -2.08. The van der Waals surface area contributed by atoms with Gasteiger partial charge in [0, 0.05) is 0 Å². The SMILES string of the molecule is O=C(Oc1ccc(-c2ccccc2)cc1)C1=C=CC=C1. The Morgan fingerprint density at radius 1 is 0.900 bits per heavy atom. The van der Waals surface area contributed by atoms with Crippen LogP contribution in [0.2, 0.25) is 0 Å². The number of carbonyl (C=O) groups excluding carboxylic acids is 1. The predicted molar refractivity (Wildman–Crippen MR) is 78.2 cm³/mol. The first kappa shape index (κ1) is 12.2. The molecule has 0 saturated heterocycles. The molecule has 0 amide bonds. The molecule has 0 unspecified atom stereocenters. The minimum absolute atomic E-state index is 0.387. The summed E-state index contributed by atoms with van der Waals surface area (Å²) in [7, 11) is 0. The average Bonchev–Trinajstić information content (AvgIpc) is 3.03. The molecule has 0 atom stereocenters. The Morgan fingerprint density at radius 2 is 1.60 bits per heavy atom. The van der Waals surface area contributed by atoms with E-state index in [9.17, 15) is 4.79 Å². The molecule has 0 N–H and O–H groups in total. The fourth-order valence-electron chi connectivity index (χ4n) is 1.97. The molecule has 3 rings (SSSR count). The molecule has 96 valence electrons. The van der Waals surface area contributed by atoms with E-state index in [2.05, 4.69) is 5.73 Å². The summed E-state index contributed by atoms with van der Waals surface area (Å²) in [6, 6.07) is 17.5. The second kappa shape index (κ2) is 5.43. The van der Waals surface area contributed by atoms with Gasteiger partial charge in [-0.1, -0.05) is 48.5 Å². The second-order valence-corrected chi connectivity index (χ2v) is 4.36. The molecule has 0 aliphatic heterocycles. The van der Waals surface area contributed by atoms with Crippen LogP contribution in [0.1, 0.15) is 0 Å². The summed E-state index contributed by atoms with van der Waals surface area (Å²) in [5.41, 5.74) is 5.48. The van der Waals surface area contributed by atoms with E-state index in [1.54, 1.807) is 30.4 Å². The predicted octanol–water partition coefficient (Wildman–Crippen LogP) is 3.91. The van der Waals surface area contributed by atoms with Gasteiger partial charge >= 0.3 is 5.97 Å². The van der Waals surface area contributed by atoms with Crippen molar-refractivity contribution in [2.75, 3.05) is 0 Å². The first-order valence-electron chi connectivity index (χ1n) is 6.34. The van der Waals surface area contributed by atoms with Crippen LogP contribution in [-0.2, 0) is 4.79 Å². The quantitative estimate of drug-likeness (QED) is 0.475. The van der Waals surface area contributed by atoms with Gasteiger partial charge in [0.15, 0.2) is 0 Å². The van der Waals surface area contributed by atoms with Crippen LogP contribution in [0.3, 0.4) is 0 Å². The molecule has 0 saturated carbocycles. The summed E-state index contributed by atoms with van der Waals surface area (Å²) in [5, 5.41) is 0. The zero-order valence-corrected chi connectivity index (χ0v) is 10.7. The molecule has 0 bridgehead atoms. The van der Waals surface area contributed by atoms with Crippen LogP contribution in [0.5, 0.6) is 5.75 Å². The van der Waals surface area contributed by atoms with Crippen molar-refractivity contribution in [1.29, 1.82) is 0 Å². The molecule has 0 aromatic heterocycles. The number of ether oxygens (including phenoxy) is 1. The molecule has 2 aromatic rings. The maximum atomic E-state index is 11.8. The Hall–Kier alpha value is -2.83. The smallest absolute Gasteiger partial charge is 0.351 e. The summed E-state index contributed by atoms with van der Waals surface area (Å²) in [6.07, 6.45) is 5.13. The molecule has 0 fully saturated rings. The lowest BCUT2D eigenvalue weighted by molar-refractivity contribution is -0.129. The van der Waals surface area contributed by atoms with E-state index in [0.29, 0.717) is 11.3 Å². The maximum Gasteiger partial charge on any atom is 0.351 e. The Morgan fingerprint density at radius 3 is 2.25 bits per heavy atom.